The maximum Gasteiger partial charge on any atom is 0.408 e. The lowest BCUT2D eigenvalue weighted by molar-refractivity contribution is -0.143. The summed E-state index contributed by atoms with van der Waals surface area (Å²) in [6.45, 7) is 7.40. The van der Waals surface area contributed by atoms with E-state index in [-0.39, 0.29) is 30.4 Å². The Morgan fingerprint density at radius 1 is 1.05 bits per heavy atom. The molecule has 3 N–H and O–H groups in total. The summed E-state index contributed by atoms with van der Waals surface area (Å²) in [5, 5.41) is 5.36. The van der Waals surface area contributed by atoms with Crippen molar-refractivity contribution >= 4 is 44.7 Å². The van der Waals surface area contributed by atoms with Gasteiger partial charge in [-0.2, -0.15) is 0 Å². The van der Waals surface area contributed by atoms with Crippen LogP contribution in [0.15, 0.2) is 24.3 Å². The number of alkyl halides is 2. The van der Waals surface area contributed by atoms with Crippen LogP contribution in [0.3, 0.4) is 0 Å². The smallest absolute Gasteiger partial charge is 0.408 e. The number of fused-ring (bicyclic) bond motifs is 7. The number of sulfonamides is 1. The average Bonchev–Trinajstić information content (AvgIpc) is 4.11. The van der Waals surface area contributed by atoms with E-state index < -0.39 is 87.0 Å². The molecule has 0 radical (unpaired) electrons. The second-order valence-corrected chi connectivity index (χ2v) is 21.1. The Hall–Kier alpha value is -4.28. The molecule has 14 nitrogen and oxygen atoms in total. The largest absolute Gasteiger partial charge is 0.497 e. The molecule has 5 fully saturated rings. The van der Waals surface area contributed by atoms with Gasteiger partial charge in [0.1, 0.15) is 35.6 Å². The maximum atomic E-state index is 14.8. The number of nitrogens with zero attached hydrogens (tertiary/aromatic N) is 2. The Balaban J connectivity index is 1.13. The van der Waals surface area contributed by atoms with E-state index in [1.54, 1.807) is 33.9 Å². The van der Waals surface area contributed by atoms with Crippen LogP contribution in [-0.2, 0) is 35.6 Å². The molecule has 322 valence electrons. The summed E-state index contributed by atoms with van der Waals surface area (Å²) in [4.78, 5) is 62.6. The van der Waals surface area contributed by atoms with Crippen molar-refractivity contribution < 1.29 is 50.6 Å². The first-order chi connectivity index (χ1) is 27.8. The number of hydrogen-bond donors (Lipinski definition) is 3. The number of carbonyl (C=O) groups excluding carboxylic acids is 4. The number of carbonyl (C=O) groups is 4. The number of benzene rings is 1. The van der Waals surface area contributed by atoms with Gasteiger partial charge in [-0.1, -0.05) is 40.5 Å². The molecule has 17 heteroatoms. The standard InChI is InChI=1S/C42H55F2N5O9S/c1-40(2,3)33-37(51)49-21-25(17-31(49)35(50)47-42(19-29(42)34(43)44)38(52)48-59(54,55)26-13-14-26)57-36-23(15-22-11-12-24(56-5)16-30(22)45-36)9-7-6-8-10-27-28-18-41(28,4)20-32(27)58-39(53)46-33/h11-12,15-16,25-29,31-34H,6-10,13-14,17-21H2,1-5H3,(H,46,53)(H,47,50)(H,48,52)/t25-,27-,28-,29+,31+,32-,33-,41-,42-/m1/s1. The van der Waals surface area contributed by atoms with Gasteiger partial charge in [0, 0.05) is 23.4 Å². The molecule has 1 aromatic heterocycles. The lowest BCUT2D eigenvalue weighted by Gasteiger charge is -2.36. The van der Waals surface area contributed by atoms with Gasteiger partial charge in [-0.15, -0.1) is 0 Å². The third kappa shape index (κ3) is 8.16. The topological polar surface area (TPSA) is 182 Å². The molecule has 1 aromatic carbocycles. The van der Waals surface area contributed by atoms with Gasteiger partial charge < -0.3 is 29.7 Å². The van der Waals surface area contributed by atoms with E-state index in [9.17, 15) is 36.4 Å². The van der Waals surface area contributed by atoms with Crippen LogP contribution >= 0.6 is 0 Å². The Morgan fingerprint density at radius 2 is 1.81 bits per heavy atom. The average molecular weight is 844 g/mol. The van der Waals surface area contributed by atoms with Crippen molar-refractivity contribution in [1.82, 2.24) is 25.2 Å². The molecular formula is C42H55F2N5O9S. The molecule has 6 aliphatic rings. The number of hydrogen-bond acceptors (Lipinski definition) is 10. The van der Waals surface area contributed by atoms with Crippen molar-refractivity contribution in [3.8, 4) is 11.6 Å². The molecular weight excluding hydrogens is 789 g/mol. The van der Waals surface area contributed by atoms with Gasteiger partial charge in [-0.3, -0.25) is 19.1 Å². The van der Waals surface area contributed by atoms with Gasteiger partial charge >= 0.3 is 6.09 Å². The summed E-state index contributed by atoms with van der Waals surface area (Å²) in [6, 6.07) is 5.04. The van der Waals surface area contributed by atoms with Crippen LogP contribution in [0.25, 0.3) is 10.9 Å². The highest BCUT2D eigenvalue weighted by Gasteiger charge is 2.67. The fourth-order valence-corrected chi connectivity index (χ4v) is 11.2. The molecule has 8 rings (SSSR count). The number of ether oxygens (including phenoxy) is 3. The zero-order chi connectivity index (χ0) is 42.2. The highest BCUT2D eigenvalue weighted by molar-refractivity contribution is 7.91. The molecule has 9 atom stereocenters. The Morgan fingerprint density at radius 3 is 2.49 bits per heavy atom. The molecule has 4 amide bonds. The number of methoxy groups -OCH3 is 1. The first-order valence-corrected chi connectivity index (χ1v) is 22.4. The molecule has 2 aliphatic heterocycles. The van der Waals surface area contributed by atoms with Crippen LogP contribution < -0.4 is 24.8 Å². The van der Waals surface area contributed by atoms with Crippen molar-refractivity contribution in [3.05, 3.63) is 29.8 Å². The summed E-state index contributed by atoms with van der Waals surface area (Å²) in [7, 11) is -2.57. The van der Waals surface area contributed by atoms with E-state index in [1.807, 2.05) is 22.9 Å². The third-order valence-electron chi connectivity index (χ3n) is 13.7. The number of pyridine rings is 1. The van der Waals surface area contributed by atoms with Crippen LogP contribution in [0.1, 0.15) is 97.5 Å². The summed E-state index contributed by atoms with van der Waals surface area (Å²) in [6.07, 6.45) is 1.24. The Kier molecular flexibility index (Phi) is 10.5. The first-order valence-electron chi connectivity index (χ1n) is 20.9. The number of halogens is 2. The first kappa shape index (κ1) is 41.5. The summed E-state index contributed by atoms with van der Waals surface area (Å²) < 4.78 is 74.0. The molecule has 4 aliphatic carbocycles. The lowest BCUT2D eigenvalue weighted by Crippen LogP contribution is -2.60. The van der Waals surface area contributed by atoms with Crippen molar-refractivity contribution in [1.29, 1.82) is 0 Å². The van der Waals surface area contributed by atoms with Gasteiger partial charge in [0.2, 0.25) is 34.1 Å². The van der Waals surface area contributed by atoms with Crippen LogP contribution in [0.2, 0.25) is 0 Å². The quantitative estimate of drug-likeness (QED) is 0.343. The minimum atomic E-state index is -4.13. The second kappa shape index (κ2) is 15.0. The Labute approximate surface area is 343 Å². The summed E-state index contributed by atoms with van der Waals surface area (Å²) in [5.74, 6) is -2.86. The number of alkyl carbamates (subject to hydrolysis) is 1. The summed E-state index contributed by atoms with van der Waals surface area (Å²) >= 11 is 0. The number of aryl methyl sites for hydroxylation is 1. The zero-order valence-corrected chi connectivity index (χ0v) is 35.0. The lowest BCUT2D eigenvalue weighted by atomic mass is 9.85. The van der Waals surface area contributed by atoms with Gasteiger partial charge in [0.15, 0.2) is 0 Å². The van der Waals surface area contributed by atoms with E-state index in [0.29, 0.717) is 42.3 Å². The highest BCUT2D eigenvalue weighted by Crippen LogP contribution is 2.67. The van der Waals surface area contributed by atoms with E-state index in [0.717, 1.165) is 49.5 Å². The second-order valence-electron chi connectivity index (χ2n) is 19.1. The van der Waals surface area contributed by atoms with Crippen molar-refractivity contribution in [3.63, 3.8) is 0 Å². The molecule has 2 aromatic rings. The molecule has 0 spiro atoms. The molecule has 4 saturated carbocycles. The normalized spacial score (nSPS) is 33.6. The number of aromatic nitrogens is 1. The van der Waals surface area contributed by atoms with Gasteiger partial charge in [0.05, 0.1) is 30.3 Å². The van der Waals surface area contributed by atoms with Crippen molar-refractivity contribution in [2.45, 2.75) is 140 Å². The SMILES string of the molecule is COc1ccc2cc3c(nc2c1)O[C@@H]1C[C@@H](C(=O)N[C@]2(C(=O)NS(=O)(=O)C4CC4)C[C@H]2C(F)F)N(C1)C(=O)[C@H](C(C)(C)C)NC(=O)O[C@@H]1C[C@@]2(C)C[C@@H]2[C@H]1CCCCC3. The van der Waals surface area contributed by atoms with Crippen LogP contribution in [0.5, 0.6) is 11.6 Å². The van der Waals surface area contributed by atoms with Gasteiger partial charge in [-0.05, 0) is 92.2 Å². The minimum Gasteiger partial charge on any atom is -0.497 e. The molecule has 59 heavy (non-hydrogen) atoms. The monoisotopic (exact) mass is 843 g/mol. The molecule has 3 heterocycles. The fourth-order valence-electron chi connectivity index (χ4n) is 9.86. The Bertz CT molecular complexity index is 2150. The number of amides is 4. The molecule has 1 saturated heterocycles. The van der Waals surface area contributed by atoms with Crippen molar-refractivity contribution in [2.24, 2.45) is 28.6 Å². The number of rotatable bonds is 7. The van der Waals surface area contributed by atoms with Gasteiger partial charge in [0.25, 0.3) is 5.91 Å². The highest BCUT2D eigenvalue weighted by atomic mass is 32.2. The zero-order valence-electron chi connectivity index (χ0n) is 34.2. The van der Waals surface area contributed by atoms with E-state index in [2.05, 4.69) is 17.6 Å². The predicted octanol–water partition coefficient (Wildman–Crippen LogP) is 5.01. The van der Waals surface area contributed by atoms with Crippen LogP contribution in [0, 0.1) is 28.6 Å². The predicted molar refractivity (Wildman–Crippen MR) is 211 cm³/mol. The van der Waals surface area contributed by atoms with Gasteiger partial charge in [-0.25, -0.2) is 27.0 Å². The fraction of sp³-hybridized carbons (Fsp3) is 0.690. The van der Waals surface area contributed by atoms with E-state index in [1.165, 1.54) is 4.90 Å². The number of nitrogens with one attached hydrogen (secondary N) is 3. The summed E-state index contributed by atoms with van der Waals surface area (Å²) in [5.41, 5.74) is -1.52. The van der Waals surface area contributed by atoms with Crippen LogP contribution in [-0.4, -0.2) is 97.3 Å². The van der Waals surface area contributed by atoms with Crippen LogP contribution in [0.4, 0.5) is 13.6 Å². The maximum absolute atomic E-state index is 14.8. The van der Waals surface area contributed by atoms with E-state index >= 15 is 0 Å². The molecule has 2 bridgehead atoms. The minimum absolute atomic E-state index is 0.114. The van der Waals surface area contributed by atoms with Crippen molar-refractivity contribution in [2.75, 3.05) is 13.7 Å². The molecule has 0 unspecified atom stereocenters. The third-order valence-corrected chi connectivity index (χ3v) is 15.5. The van der Waals surface area contributed by atoms with E-state index in [4.69, 9.17) is 19.2 Å².